The topological polar surface area (TPSA) is 78.4 Å². The van der Waals surface area contributed by atoms with Gasteiger partial charge in [-0.15, -0.1) is 0 Å². The van der Waals surface area contributed by atoms with E-state index in [2.05, 4.69) is 10.6 Å². The molecule has 0 aromatic heterocycles. The molecule has 0 fully saturated rings. The lowest BCUT2D eigenvalue weighted by atomic mass is 10.0. The number of rotatable bonds is 7. The summed E-state index contributed by atoms with van der Waals surface area (Å²) in [5, 5.41) is 15.2. The average molecular weight is 324 g/mol. The van der Waals surface area contributed by atoms with Crippen LogP contribution >= 0.6 is 11.8 Å². The minimum absolute atomic E-state index is 0.0551. The van der Waals surface area contributed by atoms with Crippen molar-refractivity contribution in [1.82, 2.24) is 10.6 Å². The number of nitrogens with one attached hydrogen (secondary N) is 2. The number of hydrogen-bond donors (Lipinski definition) is 3. The summed E-state index contributed by atoms with van der Waals surface area (Å²) >= 11 is 1.62. The van der Waals surface area contributed by atoms with Crippen molar-refractivity contribution >= 4 is 23.6 Å². The van der Waals surface area contributed by atoms with Crippen molar-refractivity contribution in [3.8, 4) is 0 Å². The fraction of sp³-hybridized carbons (Fsp3) is 0.500. The summed E-state index contributed by atoms with van der Waals surface area (Å²) in [7, 11) is 0. The van der Waals surface area contributed by atoms with Gasteiger partial charge in [0.05, 0.1) is 11.6 Å². The molecule has 2 atom stereocenters. The summed E-state index contributed by atoms with van der Waals surface area (Å²) < 4.78 is 0. The summed E-state index contributed by atoms with van der Waals surface area (Å²) in [5.41, 5.74) is -0.0834. The number of benzene rings is 1. The van der Waals surface area contributed by atoms with E-state index in [4.69, 9.17) is 0 Å². The molecule has 1 aromatic rings. The van der Waals surface area contributed by atoms with Crippen LogP contribution < -0.4 is 10.6 Å². The molecule has 5 nitrogen and oxygen atoms in total. The summed E-state index contributed by atoms with van der Waals surface area (Å²) in [5.74, 6) is -0.635. The summed E-state index contributed by atoms with van der Waals surface area (Å²) in [6.45, 7) is 3.52. The molecule has 0 spiro atoms. The third-order valence-corrected chi connectivity index (χ3v) is 3.94. The monoisotopic (exact) mass is 324 g/mol. The Morgan fingerprint density at radius 3 is 2.50 bits per heavy atom. The van der Waals surface area contributed by atoms with Crippen LogP contribution in [0.15, 0.2) is 30.3 Å². The van der Waals surface area contributed by atoms with Gasteiger partial charge in [0.15, 0.2) is 0 Å². The molecule has 0 unspecified atom stereocenters. The van der Waals surface area contributed by atoms with E-state index < -0.39 is 17.4 Å². The Balaban J connectivity index is 2.44. The van der Waals surface area contributed by atoms with Crippen LogP contribution in [0.5, 0.6) is 0 Å². The predicted molar refractivity (Wildman–Crippen MR) is 89.6 cm³/mol. The number of carbonyl (C=O) groups excluding carboxylic acids is 2. The maximum atomic E-state index is 11.8. The number of amides is 2. The van der Waals surface area contributed by atoms with Gasteiger partial charge in [-0.1, -0.05) is 30.3 Å². The van der Waals surface area contributed by atoms with E-state index in [9.17, 15) is 14.7 Å². The molecule has 0 saturated carbocycles. The highest BCUT2D eigenvalue weighted by molar-refractivity contribution is 7.98. The van der Waals surface area contributed by atoms with E-state index in [0.717, 1.165) is 11.3 Å². The average Bonchev–Trinajstić information content (AvgIpc) is 2.51. The first kappa shape index (κ1) is 18.5. The molecule has 6 heteroatoms. The maximum absolute atomic E-state index is 11.8. The Labute approximate surface area is 135 Å². The van der Waals surface area contributed by atoms with Crippen molar-refractivity contribution in [3.63, 3.8) is 0 Å². The first-order valence-electron chi connectivity index (χ1n) is 7.20. The fourth-order valence-electron chi connectivity index (χ4n) is 1.85. The molecule has 0 aliphatic rings. The van der Waals surface area contributed by atoms with Gasteiger partial charge in [0, 0.05) is 6.54 Å². The molecule has 1 aromatic carbocycles. The normalized spacial score (nSPS) is 14.7. The van der Waals surface area contributed by atoms with Crippen LogP contribution in [0.2, 0.25) is 0 Å². The van der Waals surface area contributed by atoms with E-state index in [1.807, 2.05) is 43.5 Å². The van der Waals surface area contributed by atoms with E-state index in [1.165, 1.54) is 0 Å². The molecule has 0 bridgehead atoms. The summed E-state index contributed by atoms with van der Waals surface area (Å²) in [4.78, 5) is 23.6. The molecule has 0 saturated heterocycles. The van der Waals surface area contributed by atoms with E-state index in [-0.39, 0.29) is 12.6 Å². The predicted octanol–water partition coefficient (Wildman–Crippen LogP) is 1.48. The lowest BCUT2D eigenvalue weighted by Crippen LogP contribution is -2.47. The molecule has 0 heterocycles. The van der Waals surface area contributed by atoms with Gasteiger partial charge in [-0.3, -0.25) is 9.59 Å². The number of aliphatic hydroxyl groups is 1. The maximum Gasteiger partial charge on any atom is 0.309 e. The van der Waals surface area contributed by atoms with Gasteiger partial charge in [-0.25, -0.2) is 0 Å². The van der Waals surface area contributed by atoms with Crippen LogP contribution in [-0.4, -0.2) is 41.1 Å². The SMILES string of the molecule is CSCC[C@](C)(O)CNC(=O)C(=O)N[C@@H](C)c1ccccc1. The zero-order valence-corrected chi connectivity index (χ0v) is 14.1. The van der Waals surface area contributed by atoms with Crippen molar-refractivity contribution < 1.29 is 14.7 Å². The Kier molecular flexibility index (Phi) is 7.41. The zero-order chi connectivity index (χ0) is 16.6. The van der Waals surface area contributed by atoms with E-state index >= 15 is 0 Å². The Morgan fingerprint density at radius 2 is 1.91 bits per heavy atom. The molecule has 0 aliphatic heterocycles. The van der Waals surface area contributed by atoms with Crippen molar-refractivity contribution in [1.29, 1.82) is 0 Å². The number of thioether (sulfide) groups is 1. The molecule has 0 radical (unpaired) electrons. The zero-order valence-electron chi connectivity index (χ0n) is 13.3. The van der Waals surface area contributed by atoms with Crippen LogP contribution in [0, 0.1) is 0 Å². The van der Waals surface area contributed by atoms with Crippen LogP contribution in [-0.2, 0) is 9.59 Å². The first-order chi connectivity index (χ1) is 10.4. The smallest absolute Gasteiger partial charge is 0.309 e. The van der Waals surface area contributed by atoms with Crippen molar-refractivity contribution in [2.45, 2.75) is 31.9 Å². The first-order valence-corrected chi connectivity index (χ1v) is 8.60. The van der Waals surface area contributed by atoms with Gasteiger partial charge < -0.3 is 15.7 Å². The molecule has 2 amide bonds. The second-order valence-corrected chi connectivity index (χ2v) is 6.51. The van der Waals surface area contributed by atoms with Gasteiger partial charge in [-0.05, 0) is 37.8 Å². The molecule has 0 aliphatic carbocycles. The lowest BCUT2D eigenvalue weighted by molar-refractivity contribution is -0.140. The Bertz CT molecular complexity index is 491. The minimum atomic E-state index is -1.01. The molecule has 22 heavy (non-hydrogen) atoms. The molecular weight excluding hydrogens is 300 g/mol. The van der Waals surface area contributed by atoms with E-state index in [0.29, 0.717) is 6.42 Å². The summed E-state index contributed by atoms with van der Waals surface area (Å²) in [6, 6.07) is 9.16. The van der Waals surface area contributed by atoms with Crippen molar-refractivity contribution in [2.75, 3.05) is 18.6 Å². The van der Waals surface area contributed by atoms with Gasteiger partial charge in [0.25, 0.3) is 0 Å². The van der Waals surface area contributed by atoms with Gasteiger partial charge in [0.2, 0.25) is 0 Å². The van der Waals surface area contributed by atoms with Gasteiger partial charge in [-0.2, -0.15) is 11.8 Å². The van der Waals surface area contributed by atoms with E-state index in [1.54, 1.807) is 18.7 Å². The van der Waals surface area contributed by atoms with Gasteiger partial charge >= 0.3 is 11.8 Å². The second-order valence-electron chi connectivity index (χ2n) is 5.53. The highest BCUT2D eigenvalue weighted by atomic mass is 32.2. The quantitative estimate of drug-likeness (QED) is 0.664. The van der Waals surface area contributed by atoms with Crippen LogP contribution in [0.25, 0.3) is 0 Å². The minimum Gasteiger partial charge on any atom is -0.388 e. The third kappa shape index (κ3) is 6.49. The van der Waals surface area contributed by atoms with Crippen LogP contribution in [0.4, 0.5) is 0 Å². The highest BCUT2D eigenvalue weighted by Crippen LogP contribution is 2.12. The third-order valence-electron chi connectivity index (χ3n) is 3.33. The van der Waals surface area contributed by atoms with Gasteiger partial charge in [0.1, 0.15) is 0 Å². The summed E-state index contributed by atoms with van der Waals surface area (Å²) in [6.07, 6.45) is 2.50. The molecule has 1 rings (SSSR count). The van der Waals surface area contributed by atoms with Crippen molar-refractivity contribution in [3.05, 3.63) is 35.9 Å². The van der Waals surface area contributed by atoms with Crippen LogP contribution in [0.1, 0.15) is 31.9 Å². The number of hydrogen-bond acceptors (Lipinski definition) is 4. The molecular formula is C16H24N2O3S. The standard InChI is InChI=1S/C16H24N2O3S/c1-12(13-7-5-4-6-8-13)18-15(20)14(19)17-11-16(2,21)9-10-22-3/h4-8,12,21H,9-11H2,1-3H3,(H,17,19)(H,18,20)/t12-,16-/m0/s1. The lowest BCUT2D eigenvalue weighted by Gasteiger charge is -2.23. The largest absolute Gasteiger partial charge is 0.388 e. The highest BCUT2D eigenvalue weighted by Gasteiger charge is 2.23. The van der Waals surface area contributed by atoms with Crippen LogP contribution in [0.3, 0.4) is 0 Å². The Morgan fingerprint density at radius 1 is 1.27 bits per heavy atom. The second kappa shape index (κ2) is 8.80. The fourth-order valence-corrected chi connectivity index (χ4v) is 2.49. The Hall–Kier alpha value is -1.53. The number of carbonyl (C=O) groups is 2. The van der Waals surface area contributed by atoms with Crippen molar-refractivity contribution in [2.24, 2.45) is 0 Å². The molecule has 3 N–H and O–H groups in total. The molecule has 122 valence electrons.